The average Bonchev–Trinajstić information content (AvgIpc) is 2.72. The summed E-state index contributed by atoms with van der Waals surface area (Å²) >= 11 is 0. The Bertz CT molecular complexity index is 760. The summed E-state index contributed by atoms with van der Waals surface area (Å²) in [6.45, 7) is 6.36. The number of benzene rings is 2. The van der Waals surface area contributed by atoms with Gasteiger partial charge in [-0.1, -0.05) is 42.5 Å². The number of piperidine rings is 1. The third kappa shape index (κ3) is 5.66. The van der Waals surface area contributed by atoms with Gasteiger partial charge in [-0.3, -0.25) is 4.79 Å². The predicted molar refractivity (Wildman–Crippen MR) is 109 cm³/mol. The molecule has 0 unspecified atom stereocenters. The van der Waals surface area contributed by atoms with E-state index >= 15 is 0 Å². The Hall–Kier alpha value is -2.66. The van der Waals surface area contributed by atoms with Gasteiger partial charge in [-0.25, -0.2) is 5.43 Å². The van der Waals surface area contributed by atoms with Crippen LogP contribution in [0.5, 0.6) is 5.75 Å². The van der Waals surface area contributed by atoms with Gasteiger partial charge in [-0.2, -0.15) is 5.10 Å². The molecule has 0 spiro atoms. The number of likely N-dealkylation sites (tertiary alicyclic amines) is 1. The number of amides is 1. The molecule has 0 aliphatic carbocycles. The Kier molecular flexibility index (Phi) is 6.60. The number of carbonyl (C=O) groups excluding carboxylic acids is 1. The first-order chi connectivity index (χ1) is 13.1. The number of rotatable bonds is 6. The van der Waals surface area contributed by atoms with E-state index in [0.717, 1.165) is 42.8 Å². The molecular weight excluding hydrogens is 338 g/mol. The first kappa shape index (κ1) is 19.1. The Labute approximate surface area is 161 Å². The van der Waals surface area contributed by atoms with E-state index in [1.54, 1.807) is 0 Å². The third-order valence-corrected chi connectivity index (χ3v) is 4.78. The maximum absolute atomic E-state index is 12.0. The minimum atomic E-state index is -0.235. The highest BCUT2D eigenvalue weighted by atomic mass is 16.5. The molecule has 5 nitrogen and oxygen atoms in total. The molecule has 1 fully saturated rings. The van der Waals surface area contributed by atoms with E-state index in [2.05, 4.69) is 41.4 Å². The maximum Gasteiger partial charge on any atom is 0.277 e. The molecule has 1 amide bonds. The van der Waals surface area contributed by atoms with Gasteiger partial charge in [-0.15, -0.1) is 0 Å². The standard InChI is InChI=1S/C22H27N3O2/c1-17(2)25-14-12-20(13-15-25)23-24-22(26)16-27-21-10-8-19(9-11-21)18-6-4-3-5-7-18/h3-11,17H,12-16H2,1-2H3,(H,24,26). The minimum Gasteiger partial charge on any atom is -0.484 e. The molecule has 0 aromatic heterocycles. The zero-order valence-corrected chi connectivity index (χ0v) is 16.0. The number of nitrogens with one attached hydrogen (secondary N) is 1. The summed E-state index contributed by atoms with van der Waals surface area (Å²) in [7, 11) is 0. The van der Waals surface area contributed by atoms with Crippen LogP contribution in [0.2, 0.25) is 0 Å². The summed E-state index contributed by atoms with van der Waals surface area (Å²) in [6.07, 6.45) is 1.81. The van der Waals surface area contributed by atoms with Crippen molar-refractivity contribution in [3.63, 3.8) is 0 Å². The van der Waals surface area contributed by atoms with Gasteiger partial charge in [0.2, 0.25) is 0 Å². The number of carbonyl (C=O) groups is 1. The van der Waals surface area contributed by atoms with Crippen LogP contribution in [-0.2, 0) is 4.79 Å². The van der Waals surface area contributed by atoms with E-state index in [0.29, 0.717) is 11.8 Å². The van der Waals surface area contributed by atoms with Crippen LogP contribution in [0.3, 0.4) is 0 Å². The number of ether oxygens (including phenoxy) is 1. The van der Waals surface area contributed by atoms with Crippen LogP contribution in [0.25, 0.3) is 11.1 Å². The Morgan fingerprint density at radius 1 is 1.04 bits per heavy atom. The van der Waals surface area contributed by atoms with Gasteiger partial charge in [0.05, 0.1) is 0 Å². The fraction of sp³-hybridized carbons (Fsp3) is 0.364. The number of hydrogen-bond donors (Lipinski definition) is 1. The number of nitrogens with zero attached hydrogens (tertiary/aromatic N) is 2. The average molecular weight is 365 g/mol. The fourth-order valence-electron chi connectivity index (χ4n) is 3.11. The van der Waals surface area contributed by atoms with Crippen LogP contribution < -0.4 is 10.2 Å². The van der Waals surface area contributed by atoms with Crippen LogP contribution in [0, 0.1) is 0 Å². The quantitative estimate of drug-likeness (QED) is 0.794. The topological polar surface area (TPSA) is 53.9 Å². The van der Waals surface area contributed by atoms with Crippen molar-refractivity contribution in [2.45, 2.75) is 32.7 Å². The van der Waals surface area contributed by atoms with Gasteiger partial charge < -0.3 is 9.64 Å². The van der Waals surface area contributed by atoms with E-state index in [1.807, 2.05) is 42.5 Å². The summed E-state index contributed by atoms with van der Waals surface area (Å²) in [5.41, 5.74) is 5.93. The van der Waals surface area contributed by atoms with Gasteiger partial charge >= 0.3 is 0 Å². The van der Waals surface area contributed by atoms with Crippen molar-refractivity contribution in [2.24, 2.45) is 5.10 Å². The SMILES string of the molecule is CC(C)N1CCC(=NNC(=O)COc2ccc(-c3ccccc3)cc2)CC1. The lowest BCUT2D eigenvalue weighted by atomic mass is 10.1. The second-order valence-electron chi connectivity index (χ2n) is 7.02. The first-order valence-electron chi connectivity index (χ1n) is 9.48. The Morgan fingerprint density at radius 3 is 2.30 bits per heavy atom. The lowest BCUT2D eigenvalue weighted by Gasteiger charge is -2.30. The van der Waals surface area contributed by atoms with E-state index in [9.17, 15) is 4.79 Å². The molecule has 1 saturated heterocycles. The molecule has 0 atom stereocenters. The van der Waals surface area contributed by atoms with Crippen LogP contribution in [0.1, 0.15) is 26.7 Å². The summed E-state index contributed by atoms with van der Waals surface area (Å²) in [5, 5.41) is 4.25. The molecule has 3 rings (SSSR count). The molecule has 2 aromatic carbocycles. The largest absolute Gasteiger partial charge is 0.484 e. The summed E-state index contributed by atoms with van der Waals surface area (Å²) in [6, 6.07) is 18.4. The molecular formula is C22H27N3O2. The highest BCUT2D eigenvalue weighted by molar-refractivity contribution is 5.87. The van der Waals surface area contributed by atoms with Gasteiger partial charge in [0.25, 0.3) is 5.91 Å². The van der Waals surface area contributed by atoms with Crippen molar-refractivity contribution in [3.8, 4) is 16.9 Å². The zero-order valence-electron chi connectivity index (χ0n) is 16.0. The fourth-order valence-corrected chi connectivity index (χ4v) is 3.11. The summed E-state index contributed by atoms with van der Waals surface area (Å²) < 4.78 is 5.56. The molecule has 0 saturated carbocycles. The van der Waals surface area contributed by atoms with Crippen LogP contribution in [0.4, 0.5) is 0 Å². The predicted octanol–water partition coefficient (Wildman–Crippen LogP) is 3.71. The van der Waals surface area contributed by atoms with Gasteiger partial charge in [-0.05, 0) is 37.1 Å². The zero-order chi connectivity index (χ0) is 19.1. The van der Waals surface area contributed by atoms with Crippen molar-refractivity contribution in [2.75, 3.05) is 19.7 Å². The van der Waals surface area contributed by atoms with Crippen molar-refractivity contribution >= 4 is 11.6 Å². The molecule has 0 radical (unpaired) electrons. The van der Waals surface area contributed by atoms with E-state index in [-0.39, 0.29) is 12.5 Å². The highest BCUT2D eigenvalue weighted by Gasteiger charge is 2.17. The van der Waals surface area contributed by atoms with E-state index in [4.69, 9.17) is 4.74 Å². The van der Waals surface area contributed by atoms with Gasteiger partial charge in [0.15, 0.2) is 6.61 Å². The Morgan fingerprint density at radius 2 is 1.67 bits per heavy atom. The molecule has 5 heteroatoms. The minimum absolute atomic E-state index is 0.0421. The number of hydrogen-bond acceptors (Lipinski definition) is 4. The second-order valence-corrected chi connectivity index (χ2v) is 7.02. The van der Waals surface area contributed by atoms with Crippen LogP contribution in [0.15, 0.2) is 59.7 Å². The summed E-state index contributed by atoms with van der Waals surface area (Å²) in [5.74, 6) is 0.434. The van der Waals surface area contributed by atoms with Crippen molar-refractivity contribution in [1.29, 1.82) is 0 Å². The van der Waals surface area contributed by atoms with E-state index in [1.165, 1.54) is 0 Å². The second kappa shape index (κ2) is 9.33. The molecule has 1 N–H and O–H groups in total. The maximum atomic E-state index is 12.0. The highest BCUT2D eigenvalue weighted by Crippen LogP contribution is 2.21. The molecule has 27 heavy (non-hydrogen) atoms. The normalized spacial score (nSPS) is 14.9. The van der Waals surface area contributed by atoms with Crippen LogP contribution in [-0.4, -0.2) is 42.3 Å². The third-order valence-electron chi connectivity index (χ3n) is 4.78. The van der Waals surface area contributed by atoms with Gasteiger partial charge in [0, 0.05) is 37.7 Å². The molecule has 142 valence electrons. The van der Waals surface area contributed by atoms with E-state index < -0.39 is 0 Å². The van der Waals surface area contributed by atoms with Gasteiger partial charge in [0.1, 0.15) is 5.75 Å². The van der Waals surface area contributed by atoms with Crippen molar-refractivity contribution in [1.82, 2.24) is 10.3 Å². The lowest BCUT2D eigenvalue weighted by Crippen LogP contribution is -2.39. The monoisotopic (exact) mass is 365 g/mol. The summed E-state index contributed by atoms with van der Waals surface area (Å²) in [4.78, 5) is 14.4. The molecule has 1 heterocycles. The molecule has 2 aromatic rings. The van der Waals surface area contributed by atoms with Crippen LogP contribution >= 0.6 is 0 Å². The lowest BCUT2D eigenvalue weighted by molar-refractivity contribution is -0.123. The number of hydrazone groups is 1. The Balaban J connectivity index is 1.43. The molecule has 0 bridgehead atoms. The molecule has 1 aliphatic rings. The van der Waals surface area contributed by atoms with Crippen molar-refractivity contribution < 1.29 is 9.53 Å². The smallest absolute Gasteiger partial charge is 0.277 e. The molecule has 1 aliphatic heterocycles. The first-order valence-corrected chi connectivity index (χ1v) is 9.48. The van der Waals surface area contributed by atoms with Crippen molar-refractivity contribution in [3.05, 3.63) is 54.6 Å².